The van der Waals surface area contributed by atoms with Crippen LogP contribution in [-0.2, 0) is 22.7 Å². The second kappa shape index (κ2) is 11.4. The summed E-state index contributed by atoms with van der Waals surface area (Å²) in [5, 5.41) is 20.5. The zero-order valence-corrected chi connectivity index (χ0v) is 24.8. The topological polar surface area (TPSA) is 109 Å². The summed E-state index contributed by atoms with van der Waals surface area (Å²) in [6.45, 7) is 4.19. The van der Waals surface area contributed by atoms with Crippen LogP contribution in [0.1, 0.15) is 16.1 Å². The van der Waals surface area contributed by atoms with Gasteiger partial charge < -0.3 is 24.5 Å². The van der Waals surface area contributed by atoms with Crippen LogP contribution in [0.3, 0.4) is 0 Å². The number of rotatable bonds is 6. The van der Waals surface area contributed by atoms with E-state index < -0.39 is 11.9 Å². The first kappa shape index (κ1) is 28.5. The van der Waals surface area contributed by atoms with Gasteiger partial charge in [-0.25, -0.2) is 18.7 Å². The van der Waals surface area contributed by atoms with E-state index in [-0.39, 0.29) is 23.8 Å². The molecule has 1 amide bonds. The first-order chi connectivity index (χ1) is 21.3. The predicted molar refractivity (Wildman–Crippen MR) is 162 cm³/mol. The Balaban J connectivity index is 1.20. The molecule has 44 heavy (non-hydrogen) atoms. The highest BCUT2D eigenvalue weighted by molar-refractivity contribution is 7.16. The van der Waals surface area contributed by atoms with Crippen molar-refractivity contribution in [1.82, 2.24) is 19.8 Å². The lowest BCUT2D eigenvalue weighted by Crippen LogP contribution is -2.57. The number of likely N-dealkylation sites (tertiary alicyclic amines) is 1. The third-order valence-corrected chi connectivity index (χ3v) is 9.47. The first-order valence-electron chi connectivity index (χ1n) is 14.4. The molecule has 7 rings (SSSR count). The van der Waals surface area contributed by atoms with Gasteiger partial charge in [-0.05, 0) is 36.4 Å². The third-order valence-electron chi connectivity index (χ3n) is 8.44. The predicted octanol–water partition coefficient (Wildman–Crippen LogP) is 3.63. The van der Waals surface area contributed by atoms with Gasteiger partial charge >= 0.3 is 0 Å². The van der Waals surface area contributed by atoms with Crippen molar-refractivity contribution in [2.45, 2.75) is 19.3 Å². The van der Waals surface area contributed by atoms with E-state index in [1.165, 1.54) is 29.5 Å². The van der Waals surface area contributed by atoms with Crippen LogP contribution in [-0.4, -0.2) is 89.7 Å². The summed E-state index contributed by atoms with van der Waals surface area (Å²) in [6.07, 6.45) is -0.425. The van der Waals surface area contributed by atoms with Crippen molar-refractivity contribution in [2.24, 2.45) is 0 Å². The molecule has 0 unspecified atom stereocenters. The second-order valence-electron chi connectivity index (χ2n) is 11.3. The number of thiazole rings is 1. The van der Waals surface area contributed by atoms with Crippen molar-refractivity contribution in [3.63, 3.8) is 0 Å². The highest BCUT2D eigenvalue weighted by Crippen LogP contribution is 2.43. The number of ether oxygens (including phenoxy) is 1. The molecule has 2 aromatic heterocycles. The largest absolute Gasteiger partial charge is 0.389 e. The number of aromatic nitrogens is 2. The van der Waals surface area contributed by atoms with Crippen molar-refractivity contribution in [3.8, 4) is 17.3 Å². The molecule has 0 saturated carbocycles. The highest BCUT2D eigenvalue weighted by atomic mass is 32.1. The fourth-order valence-electron chi connectivity index (χ4n) is 6.01. The first-order valence-corrected chi connectivity index (χ1v) is 15.2. The third kappa shape index (κ3) is 5.13. The van der Waals surface area contributed by atoms with Crippen LogP contribution in [0.4, 0.5) is 25.3 Å². The molecule has 0 radical (unpaired) electrons. The molecule has 0 spiro atoms. The van der Waals surface area contributed by atoms with Crippen LogP contribution < -0.4 is 9.80 Å². The van der Waals surface area contributed by atoms with Gasteiger partial charge in [-0.3, -0.25) is 9.69 Å². The molecular weight excluding hydrogens is 588 g/mol. The van der Waals surface area contributed by atoms with Crippen molar-refractivity contribution in [1.29, 1.82) is 5.26 Å². The van der Waals surface area contributed by atoms with E-state index in [0.717, 1.165) is 5.56 Å². The summed E-state index contributed by atoms with van der Waals surface area (Å²) in [5.41, 5.74) is 4.25. The van der Waals surface area contributed by atoms with Gasteiger partial charge in [0.1, 0.15) is 28.0 Å². The maximum Gasteiger partial charge on any atom is 0.236 e. The fourth-order valence-corrected chi connectivity index (χ4v) is 6.86. The summed E-state index contributed by atoms with van der Waals surface area (Å²) in [6, 6.07) is 11.5. The molecule has 4 aromatic rings. The van der Waals surface area contributed by atoms with Crippen molar-refractivity contribution in [2.75, 3.05) is 62.7 Å². The number of hydrogen-bond donors (Lipinski definition) is 1. The maximum absolute atomic E-state index is 15.8. The van der Waals surface area contributed by atoms with Crippen LogP contribution in [0.25, 0.3) is 22.2 Å². The number of pyridine rings is 1. The van der Waals surface area contributed by atoms with Gasteiger partial charge in [0.05, 0.1) is 37.2 Å². The van der Waals surface area contributed by atoms with E-state index >= 15 is 4.39 Å². The van der Waals surface area contributed by atoms with Gasteiger partial charge in [-0.1, -0.05) is 11.3 Å². The molecule has 0 aliphatic carbocycles. The standard InChI is InChI=1S/C31H29F2N7O3S/c1-37(31-36-28(26(12-34)44-31)18-2-4-19(32)5-3-18)30-22-10-20(11-24(33)29(22)35-25-17-43-16-23(25)30)39-8-6-38(7-9-39)15-27(42)40-13-21(41)14-40/h2-5,10-11,21,41H,6-9,13-17H2,1H3. The van der Waals surface area contributed by atoms with Gasteiger partial charge in [-0.2, -0.15) is 5.26 Å². The van der Waals surface area contributed by atoms with Crippen LogP contribution in [0, 0.1) is 23.0 Å². The number of benzene rings is 2. The summed E-state index contributed by atoms with van der Waals surface area (Å²) < 4.78 is 35.1. The van der Waals surface area contributed by atoms with Gasteiger partial charge in [0.15, 0.2) is 10.9 Å². The number of amides is 1. The molecule has 1 N–H and O–H groups in total. The molecule has 13 heteroatoms. The molecule has 0 bridgehead atoms. The molecule has 3 aliphatic heterocycles. The minimum absolute atomic E-state index is 0.0136. The Kier molecular flexibility index (Phi) is 7.37. The Morgan fingerprint density at radius 3 is 2.59 bits per heavy atom. The lowest BCUT2D eigenvalue weighted by Gasteiger charge is -2.39. The van der Waals surface area contributed by atoms with E-state index in [4.69, 9.17) is 9.72 Å². The van der Waals surface area contributed by atoms with Crippen molar-refractivity contribution < 1.29 is 23.4 Å². The Hall–Kier alpha value is -4.22. The van der Waals surface area contributed by atoms with Gasteiger partial charge in [0.2, 0.25) is 5.91 Å². The van der Waals surface area contributed by atoms with Crippen LogP contribution in [0.15, 0.2) is 36.4 Å². The maximum atomic E-state index is 15.8. The van der Waals surface area contributed by atoms with Gasteiger partial charge in [0.25, 0.3) is 0 Å². The van der Waals surface area contributed by atoms with Crippen LogP contribution in [0.2, 0.25) is 0 Å². The fraction of sp³-hybridized carbons (Fsp3) is 0.355. The minimum atomic E-state index is -0.445. The molecule has 5 heterocycles. The Labute approximate surface area is 256 Å². The quantitative estimate of drug-likeness (QED) is 0.347. The van der Waals surface area contributed by atoms with Crippen molar-refractivity contribution in [3.05, 3.63) is 64.2 Å². The Bertz CT molecular complexity index is 1800. The van der Waals surface area contributed by atoms with Crippen LogP contribution in [0.5, 0.6) is 0 Å². The molecule has 2 aromatic carbocycles. The number of carbonyl (C=O) groups excluding carboxylic acids is 1. The molecule has 2 fully saturated rings. The highest BCUT2D eigenvalue weighted by Gasteiger charge is 2.31. The number of fused-ring (bicyclic) bond motifs is 2. The normalized spacial score (nSPS) is 17.1. The number of carbonyl (C=O) groups is 1. The minimum Gasteiger partial charge on any atom is -0.389 e. The molecule has 2 saturated heterocycles. The SMILES string of the molecule is CN(c1nc(-c2ccc(F)cc2)c(C#N)s1)c1c2c(nc3c(F)cc(N4CCN(CC(=O)N5CC(O)C5)CC4)cc13)COC2. The van der Waals surface area contributed by atoms with Gasteiger partial charge in [-0.15, -0.1) is 0 Å². The summed E-state index contributed by atoms with van der Waals surface area (Å²) >= 11 is 1.21. The van der Waals surface area contributed by atoms with E-state index in [0.29, 0.717) is 96.1 Å². The number of β-amino-alcohol motifs (C(OH)–C–C–N with tert-alkyl or cyclic N) is 1. The number of nitrogens with zero attached hydrogens (tertiary/aromatic N) is 7. The van der Waals surface area contributed by atoms with Gasteiger partial charge in [0, 0.05) is 68.5 Å². The number of aliphatic hydroxyl groups excluding tert-OH is 1. The lowest BCUT2D eigenvalue weighted by atomic mass is 10.0. The zero-order chi connectivity index (χ0) is 30.5. The van der Waals surface area contributed by atoms with Crippen molar-refractivity contribution >= 4 is 44.7 Å². The average molecular weight is 618 g/mol. The lowest BCUT2D eigenvalue weighted by molar-refractivity contribution is -0.142. The smallest absolute Gasteiger partial charge is 0.236 e. The summed E-state index contributed by atoms with van der Waals surface area (Å²) in [7, 11) is 1.83. The number of aliphatic hydroxyl groups is 1. The van der Waals surface area contributed by atoms with Crippen LogP contribution >= 0.6 is 11.3 Å². The summed E-state index contributed by atoms with van der Waals surface area (Å²) in [5.74, 6) is -0.807. The summed E-state index contributed by atoms with van der Waals surface area (Å²) in [4.78, 5) is 30.0. The Morgan fingerprint density at radius 2 is 1.89 bits per heavy atom. The number of nitriles is 1. The van der Waals surface area contributed by atoms with E-state index in [1.807, 2.05) is 18.0 Å². The number of piperazine rings is 1. The molecule has 226 valence electrons. The monoisotopic (exact) mass is 617 g/mol. The molecular formula is C31H29F2N7O3S. The molecule has 10 nitrogen and oxygen atoms in total. The van der Waals surface area contributed by atoms with E-state index in [2.05, 4.69) is 20.9 Å². The van der Waals surface area contributed by atoms with E-state index in [1.54, 1.807) is 17.0 Å². The number of hydrogen-bond acceptors (Lipinski definition) is 10. The second-order valence-corrected chi connectivity index (χ2v) is 12.2. The zero-order valence-electron chi connectivity index (χ0n) is 24.0. The molecule has 3 aliphatic rings. The van der Waals surface area contributed by atoms with E-state index in [9.17, 15) is 19.6 Å². The number of halogens is 2. The Morgan fingerprint density at radius 1 is 1.14 bits per heavy atom. The average Bonchev–Trinajstić information content (AvgIpc) is 3.66. The number of anilines is 3. The molecule has 0 atom stereocenters.